The van der Waals surface area contributed by atoms with Gasteiger partial charge in [-0.3, -0.25) is 24.6 Å². The number of fused-ring (bicyclic) bond motifs is 3. The molecule has 3 atom stereocenters. The number of carbonyl (C=O) groups excluding carboxylic acids is 3. The third kappa shape index (κ3) is 3.26. The molecule has 3 N–H and O–H groups in total. The van der Waals surface area contributed by atoms with Gasteiger partial charge in [-0.05, 0) is 60.8 Å². The number of rotatable bonds is 4. The fraction of sp³-hybridized carbons (Fsp3) is 0.591. The molecule has 3 fully saturated rings. The van der Waals surface area contributed by atoms with Crippen molar-refractivity contribution in [1.29, 1.82) is 0 Å². The minimum Gasteiger partial charge on any atom is -0.330 e. The molecule has 5 rings (SSSR count). The van der Waals surface area contributed by atoms with Crippen molar-refractivity contribution in [2.45, 2.75) is 51.2 Å². The number of imide groups is 1. The van der Waals surface area contributed by atoms with Crippen LogP contribution in [0.1, 0.15) is 53.6 Å². The standard InChI is InChI=1S/C22H28N4O3/c23-12-22-6-5-15(8-22)10-25(13-22)9-14-1-2-16-11-26(21(29)17(16)7-14)18-3-4-19(27)24-20(18)28/h1-2,7,15,18H,3-6,8-13,23H2,(H,24,27,28). The highest BCUT2D eigenvalue weighted by Crippen LogP contribution is 2.46. The minimum absolute atomic E-state index is 0.103. The summed E-state index contributed by atoms with van der Waals surface area (Å²) in [4.78, 5) is 40.7. The summed E-state index contributed by atoms with van der Waals surface area (Å²) in [5.41, 5.74) is 9.16. The Kier molecular flexibility index (Phi) is 4.47. The average Bonchev–Trinajstić information content (AvgIpc) is 3.19. The molecule has 0 radical (unpaired) electrons. The number of hydrogen-bond donors (Lipinski definition) is 2. The predicted molar refractivity (Wildman–Crippen MR) is 107 cm³/mol. The Labute approximate surface area is 170 Å². The molecule has 7 heteroatoms. The number of likely N-dealkylation sites (tertiary alicyclic amines) is 1. The number of nitrogens with one attached hydrogen (secondary N) is 1. The number of nitrogens with two attached hydrogens (primary N) is 1. The molecule has 1 saturated carbocycles. The van der Waals surface area contributed by atoms with Gasteiger partial charge in [-0.2, -0.15) is 0 Å². The third-order valence-corrected chi connectivity index (χ3v) is 7.31. The second kappa shape index (κ2) is 6.92. The van der Waals surface area contributed by atoms with E-state index in [-0.39, 0.29) is 29.6 Å². The maximum atomic E-state index is 13.0. The number of amides is 3. The second-order valence-electron chi connectivity index (χ2n) is 9.37. The van der Waals surface area contributed by atoms with Gasteiger partial charge >= 0.3 is 0 Å². The van der Waals surface area contributed by atoms with Gasteiger partial charge in [0.25, 0.3) is 5.91 Å². The molecule has 1 aromatic carbocycles. The number of nitrogens with zero attached hydrogens (tertiary/aromatic N) is 2. The van der Waals surface area contributed by atoms with E-state index >= 15 is 0 Å². The molecule has 0 aromatic heterocycles. The smallest absolute Gasteiger partial charge is 0.255 e. The van der Waals surface area contributed by atoms with E-state index in [1.807, 2.05) is 12.1 Å². The van der Waals surface area contributed by atoms with Crippen LogP contribution < -0.4 is 11.1 Å². The molecular weight excluding hydrogens is 368 g/mol. The SMILES string of the molecule is NCC12CCC(CN(Cc3ccc4c(c3)C(=O)N(C3CCC(=O)NC3=O)C4)C1)C2. The zero-order chi connectivity index (χ0) is 20.2. The summed E-state index contributed by atoms with van der Waals surface area (Å²) in [6, 6.07) is 5.56. The highest BCUT2D eigenvalue weighted by Gasteiger charge is 2.44. The van der Waals surface area contributed by atoms with Gasteiger partial charge < -0.3 is 10.6 Å². The summed E-state index contributed by atoms with van der Waals surface area (Å²) in [6.45, 7) is 4.16. The van der Waals surface area contributed by atoms with Crippen LogP contribution in [0.15, 0.2) is 18.2 Å². The lowest BCUT2D eigenvalue weighted by Gasteiger charge is -2.39. The van der Waals surface area contributed by atoms with Crippen LogP contribution in [-0.4, -0.2) is 53.2 Å². The lowest BCUT2D eigenvalue weighted by Crippen LogP contribution is -2.52. The predicted octanol–water partition coefficient (Wildman–Crippen LogP) is 1.01. The molecule has 3 aliphatic heterocycles. The van der Waals surface area contributed by atoms with Crippen molar-refractivity contribution < 1.29 is 14.4 Å². The largest absolute Gasteiger partial charge is 0.330 e. The first-order valence-corrected chi connectivity index (χ1v) is 10.7. The molecule has 7 nitrogen and oxygen atoms in total. The zero-order valence-corrected chi connectivity index (χ0v) is 16.7. The first-order valence-electron chi connectivity index (χ1n) is 10.7. The Morgan fingerprint density at radius 1 is 1.21 bits per heavy atom. The van der Waals surface area contributed by atoms with Crippen LogP contribution >= 0.6 is 0 Å². The van der Waals surface area contributed by atoms with E-state index < -0.39 is 6.04 Å². The molecular formula is C22H28N4O3. The summed E-state index contributed by atoms with van der Waals surface area (Å²) in [5.74, 6) is 0.0156. The maximum Gasteiger partial charge on any atom is 0.255 e. The van der Waals surface area contributed by atoms with Crippen LogP contribution in [0.5, 0.6) is 0 Å². The van der Waals surface area contributed by atoms with Crippen molar-refractivity contribution >= 4 is 17.7 Å². The molecule has 1 aliphatic carbocycles. The molecule has 154 valence electrons. The molecule has 2 saturated heterocycles. The molecule has 4 aliphatic rings. The molecule has 2 bridgehead atoms. The first-order chi connectivity index (χ1) is 14.0. The molecule has 0 spiro atoms. The lowest BCUT2D eigenvalue weighted by molar-refractivity contribution is -0.136. The van der Waals surface area contributed by atoms with Crippen LogP contribution in [0.25, 0.3) is 0 Å². The van der Waals surface area contributed by atoms with E-state index in [9.17, 15) is 14.4 Å². The lowest BCUT2D eigenvalue weighted by atomic mass is 9.82. The first kappa shape index (κ1) is 18.8. The Balaban J connectivity index is 1.31. The van der Waals surface area contributed by atoms with Gasteiger partial charge in [-0.25, -0.2) is 0 Å². The van der Waals surface area contributed by atoms with Gasteiger partial charge in [0.1, 0.15) is 6.04 Å². The highest BCUT2D eigenvalue weighted by molar-refractivity contribution is 6.05. The molecule has 3 heterocycles. The maximum absolute atomic E-state index is 13.0. The van der Waals surface area contributed by atoms with Crippen molar-refractivity contribution in [3.63, 3.8) is 0 Å². The summed E-state index contributed by atoms with van der Waals surface area (Å²) >= 11 is 0. The Morgan fingerprint density at radius 3 is 2.86 bits per heavy atom. The van der Waals surface area contributed by atoms with E-state index in [4.69, 9.17) is 5.73 Å². The van der Waals surface area contributed by atoms with E-state index in [0.717, 1.165) is 43.2 Å². The molecule has 3 unspecified atom stereocenters. The monoisotopic (exact) mass is 396 g/mol. The number of piperidine rings is 2. The van der Waals surface area contributed by atoms with Gasteiger partial charge in [0.15, 0.2) is 0 Å². The molecule has 1 aromatic rings. The number of carbonyl (C=O) groups is 3. The number of benzene rings is 1. The molecule has 3 amide bonds. The van der Waals surface area contributed by atoms with Crippen molar-refractivity contribution in [3.05, 3.63) is 34.9 Å². The van der Waals surface area contributed by atoms with Crippen molar-refractivity contribution in [1.82, 2.24) is 15.1 Å². The van der Waals surface area contributed by atoms with Gasteiger partial charge in [-0.1, -0.05) is 12.1 Å². The van der Waals surface area contributed by atoms with Crippen LogP contribution in [0.3, 0.4) is 0 Å². The van der Waals surface area contributed by atoms with Gasteiger partial charge in [0.05, 0.1) is 0 Å². The highest BCUT2D eigenvalue weighted by atomic mass is 16.2. The van der Waals surface area contributed by atoms with Crippen molar-refractivity contribution in [2.24, 2.45) is 17.1 Å². The Hall–Kier alpha value is -2.25. The number of hydrogen-bond acceptors (Lipinski definition) is 5. The normalized spacial score (nSPS) is 31.9. The van der Waals surface area contributed by atoms with E-state index in [0.29, 0.717) is 18.5 Å². The van der Waals surface area contributed by atoms with Crippen molar-refractivity contribution in [3.8, 4) is 0 Å². The van der Waals surface area contributed by atoms with Crippen LogP contribution in [0, 0.1) is 11.3 Å². The fourth-order valence-corrected chi connectivity index (χ4v) is 5.86. The van der Waals surface area contributed by atoms with Crippen molar-refractivity contribution in [2.75, 3.05) is 19.6 Å². The second-order valence-corrected chi connectivity index (χ2v) is 9.37. The Bertz CT molecular complexity index is 885. The fourth-order valence-electron chi connectivity index (χ4n) is 5.86. The summed E-state index contributed by atoms with van der Waals surface area (Å²) in [5, 5.41) is 2.35. The van der Waals surface area contributed by atoms with Crippen LogP contribution in [-0.2, 0) is 22.7 Å². The quantitative estimate of drug-likeness (QED) is 0.741. The average molecular weight is 396 g/mol. The third-order valence-electron chi connectivity index (χ3n) is 7.31. The van der Waals surface area contributed by atoms with Crippen LogP contribution in [0.2, 0.25) is 0 Å². The Morgan fingerprint density at radius 2 is 2.07 bits per heavy atom. The van der Waals surface area contributed by atoms with Gasteiger partial charge in [-0.15, -0.1) is 0 Å². The summed E-state index contributed by atoms with van der Waals surface area (Å²) in [6.07, 6.45) is 4.43. The summed E-state index contributed by atoms with van der Waals surface area (Å²) < 4.78 is 0. The topological polar surface area (TPSA) is 95.7 Å². The van der Waals surface area contributed by atoms with E-state index in [1.165, 1.54) is 19.3 Å². The van der Waals surface area contributed by atoms with E-state index in [1.54, 1.807) is 4.90 Å². The zero-order valence-electron chi connectivity index (χ0n) is 16.7. The van der Waals surface area contributed by atoms with Gasteiger partial charge in [0, 0.05) is 38.2 Å². The minimum atomic E-state index is -0.557. The van der Waals surface area contributed by atoms with E-state index in [2.05, 4.69) is 16.3 Å². The van der Waals surface area contributed by atoms with Gasteiger partial charge in [0.2, 0.25) is 11.8 Å². The molecule has 29 heavy (non-hydrogen) atoms. The summed E-state index contributed by atoms with van der Waals surface area (Å²) in [7, 11) is 0. The van der Waals surface area contributed by atoms with Crippen LogP contribution in [0.4, 0.5) is 0 Å².